The summed E-state index contributed by atoms with van der Waals surface area (Å²) in [7, 11) is -3.71. The van der Waals surface area contributed by atoms with E-state index in [9.17, 15) is 18.0 Å². The maximum atomic E-state index is 11.3. The Bertz CT molecular complexity index is 528. The molecule has 0 aliphatic rings. The Labute approximate surface area is 97.4 Å². The highest BCUT2D eigenvalue weighted by Gasteiger charge is 2.16. The van der Waals surface area contributed by atoms with E-state index >= 15 is 0 Å². The molecule has 0 saturated carbocycles. The summed E-state index contributed by atoms with van der Waals surface area (Å²) in [6, 6.07) is 5.24. The van der Waals surface area contributed by atoms with Crippen LogP contribution >= 0.6 is 0 Å². The SMILES string of the molecule is O=C(O)CS(=O)(=O)Cc1ccc(C(=O)O)cc1. The van der Waals surface area contributed by atoms with Crippen molar-refractivity contribution in [2.45, 2.75) is 5.75 Å². The third-order valence-corrected chi connectivity index (χ3v) is 3.39. The second kappa shape index (κ2) is 4.96. The van der Waals surface area contributed by atoms with Crippen molar-refractivity contribution in [3.63, 3.8) is 0 Å². The van der Waals surface area contributed by atoms with Gasteiger partial charge in [0.2, 0.25) is 0 Å². The molecule has 0 fully saturated rings. The van der Waals surface area contributed by atoms with Crippen molar-refractivity contribution >= 4 is 21.8 Å². The van der Waals surface area contributed by atoms with Crippen molar-refractivity contribution in [1.82, 2.24) is 0 Å². The number of hydrogen-bond donors (Lipinski definition) is 2. The van der Waals surface area contributed by atoms with E-state index in [1.54, 1.807) is 0 Å². The van der Waals surface area contributed by atoms with Crippen LogP contribution < -0.4 is 0 Å². The maximum absolute atomic E-state index is 11.3. The fourth-order valence-electron chi connectivity index (χ4n) is 1.24. The lowest BCUT2D eigenvalue weighted by Crippen LogP contribution is -2.16. The summed E-state index contributed by atoms with van der Waals surface area (Å²) in [5.74, 6) is -3.87. The van der Waals surface area contributed by atoms with Crippen LogP contribution in [0.3, 0.4) is 0 Å². The van der Waals surface area contributed by atoms with Gasteiger partial charge in [-0.15, -0.1) is 0 Å². The monoisotopic (exact) mass is 258 g/mol. The molecule has 1 aromatic carbocycles. The Morgan fingerprint density at radius 3 is 2.00 bits per heavy atom. The van der Waals surface area contributed by atoms with E-state index in [1.165, 1.54) is 24.3 Å². The average molecular weight is 258 g/mol. The molecule has 0 amide bonds. The van der Waals surface area contributed by atoms with Crippen LogP contribution in [0.1, 0.15) is 15.9 Å². The summed E-state index contributed by atoms with van der Waals surface area (Å²) in [6.07, 6.45) is 0. The van der Waals surface area contributed by atoms with Gasteiger partial charge in [-0.05, 0) is 17.7 Å². The van der Waals surface area contributed by atoms with Crippen molar-refractivity contribution in [3.8, 4) is 0 Å². The summed E-state index contributed by atoms with van der Waals surface area (Å²) in [5.41, 5.74) is 0.403. The average Bonchev–Trinajstić information content (AvgIpc) is 2.15. The number of hydrogen-bond acceptors (Lipinski definition) is 4. The summed E-state index contributed by atoms with van der Waals surface area (Å²) in [4.78, 5) is 20.8. The molecule has 1 rings (SSSR count). The first-order chi connectivity index (χ1) is 7.80. The molecule has 0 radical (unpaired) electrons. The van der Waals surface area contributed by atoms with Crippen LogP contribution in [0.25, 0.3) is 0 Å². The predicted octanol–water partition coefficient (Wildman–Crippen LogP) is 0.384. The topological polar surface area (TPSA) is 109 Å². The molecule has 0 aromatic heterocycles. The first kappa shape index (κ1) is 13.2. The van der Waals surface area contributed by atoms with E-state index in [0.29, 0.717) is 5.56 Å². The number of carboxylic acids is 2. The smallest absolute Gasteiger partial charge is 0.335 e. The molecule has 0 heterocycles. The molecule has 0 aliphatic carbocycles. The van der Waals surface area contributed by atoms with Gasteiger partial charge < -0.3 is 10.2 Å². The van der Waals surface area contributed by atoms with E-state index in [1.807, 2.05) is 0 Å². The van der Waals surface area contributed by atoms with Crippen LogP contribution in [0, 0.1) is 0 Å². The predicted molar refractivity (Wildman–Crippen MR) is 58.5 cm³/mol. The third kappa shape index (κ3) is 4.23. The van der Waals surface area contributed by atoms with Crippen LogP contribution in [0.2, 0.25) is 0 Å². The van der Waals surface area contributed by atoms with Gasteiger partial charge in [-0.3, -0.25) is 4.79 Å². The molecule has 0 unspecified atom stereocenters. The molecule has 0 bridgehead atoms. The lowest BCUT2D eigenvalue weighted by atomic mass is 10.1. The molecule has 0 saturated heterocycles. The van der Waals surface area contributed by atoms with Crippen LogP contribution in [0.15, 0.2) is 24.3 Å². The number of aliphatic carboxylic acids is 1. The zero-order valence-corrected chi connectivity index (χ0v) is 9.48. The summed E-state index contributed by atoms with van der Waals surface area (Å²) in [6.45, 7) is 0. The van der Waals surface area contributed by atoms with Gasteiger partial charge in [0.15, 0.2) is 9.84 Å². The van der Waals surface area contributed by atoms with Crippen LogP contribution in [0.5, 0.6) is 0 Å². The van der Waals surface area contributed by atoms with Gasteiger partial charge in [0.25, 0.3) is 0 Å². The number of carboxylic acid groups (broad SMARTS) is 2. The molecule has 0 atom stereocenters. The summed E-state index contributed by atoms with van der Waals surface area (Å²) in [5, 5.41) is 17.0. The number of sulfone groups is 1. The number of benzene rings is 1. The Hall–Kier alpha value is -1.89. The Morgan fingerprint density at radius 2 is 1.59 bits per heavy atom. The quantitative estimate of drug-likeness (QED) is 0.790. The third-order valence-electron chi connectivity index (χ3n) is 1.93. The minimum Gasteiger partial charge on any atom is -0.480 e. The molecule has 7 heteroatoms. The molecule has 1 aromatic rings. The number of aromatic carboxylic acids is 1. The zero-order chi connectivity index (χ0) is 13.1. The van der Waals surface area contributed by atoms with Crippen molar-refractivity contribution in [1.29, 1.82) is 0 Å². The zero-order valence-electron chi connectivity index (χ0n) is 8.66. The molecule has 17 heavy (non-hydrogen) atoms. The van der Waals surface area contributed by atoms with E-state index in [2.05, 4.69) is 0 Å². The molecule has 6 nitrogen and oxygen atoms in total. The minimum absolute atomic E-state index is 0.0457. The van der Waals surface area contributed by atoms with E-state index in [-0.39, 0.29) is 5.56 Å². The molecule has 2 N–H and O–H groups in total. The minimum atomic E-state index is -3.71. The summed E-state index contributed by atoms with van der Waals surface area (Å²) >= 11 is 0. The fraction of sp³-hybridized carbons (Fsp3) is 0.200. The van der Waals surface area contributed by atoms with Crippen LogP contribution in [-0.4, -0.2) is 36.3 Å². The highest BCUT2D eigenvalue weighted by atomic mass is 32.2. The van der Waals surface area contributed by atoms with E-state index < -0.39 is 33.3 Å². The van der Waals surface area contributed by atoms with Gasteiger partial charge in [-0.2, -0.15) is 0 Å². The molecule has 0 spiro atoms. The van der Waals surface area contributed by atoms with Gasteiger partial charge in [0.05, 0.1) is 11.3 Å². The van der Waals surface area contributed by atoms with Crippen molar-refractivity contribution < 1.29 is 28.2 Å². The van der Waals surface area contributed by atoms with Gasteiger partial charge in [-0.1, -0.05) is 12.1 Å². The molecule has 92 valence electrons. The highest BCUT2D eigenvalue weighted by molar-refractivity contribution is 7.91. The van der Waals surface area contributed by atoms with E-state index in [4.69, 9.17) is 10.2 Å². The van der Waals surface area contributed by atoms with E-state index in [0.717, 1.165) is 0 Å². The van der Waals surface area contributed by atoms with Crippen molar-refractivity contribution in [2.24, 2.45) is 0 Å². The Morgan fingerprint density at radius 1 is 1.06 bits per heavy atom. The number of carbonyl (C=O) groups is 2. The maximum Gasteiger partial charge on any atom is 0.335 e. The van der Waals surface area contributed by atoms with Crippen LogP contribution in [0.4, 0.5) is 0 Å². The second-order valence-electron chi connectivity index (χ2n) is 3.43. The number of rotatable bonds is 5. The van der Waals surface area contributed by atoms with Gasteiger partial charge in [-0.25, -0.2) is 13.2 Å². The lowest BCUT2D eigenvalue weighted by molar-refractivity contribution is -0.134. The van der Waals surface area contributed by atoms with Crippen LogP contribution in [-0.2, 0) is 20.4 Å². The van der Waals surface area contributed by atoms with Crippen molar-refractivity contribution in [2.75, 3.05) is 5.75 Å². The first-order valence-electron chi connectivity index (χ1n) is 4.54. The lowest BCUT2D eigenvalue weighted by Gasteiger charge is -2.02. The normalized spacial score (nSPS) is 11.1. The summed E-state index contributed by atoms with van der Waals surface area (Å²) < 4.78 is 22.7. The first-order valence-corrected chi connectivity index (χ1v) is 6.37. The highest BCUT2D eigenvalue weighted by Crippen LogP contribution is 2.09. The van der Waals surface area contributed by atoms with Gasteiger partial charge in [0.1, 0.15) is 5.75 Å². The Kier molecular flexibility index (Phi) is 3.84. The fourth-order valence-corrected chi connectivity index (χ4v) is 2.42. The van der Waals surface area contributed by atoms with Gasteiger partial charge >= 0.3 is 11.9 Å². The second-order valence-corrected chi connectivity index (χ2v) is 5.49. The van der Waals surface area contributed by atoms with Gasteiger partial charge in [0, 0.05) is 0 Å². The molecule has 0 aliphatic heterocycles. The standard InChI is InChI=1S/C10H10O6S/c11-9(12)6-17(15,16)5-7-1-3-8(4-2-7)10(13)14/h1-4H,5-6H2,(H,11,12)(H,13,14). The largest absolute Gasteiger partial charge is 0.480 e. The molecular weight excluding hydrogens is 248 g/mol. The van der Waals surface area contributed by atoms with Crippen molar-refractivity contribution in [3.05, 3.63) is 35.4 Å². The molecular formula is C10H10O6S. The Balaban J connectivity index is 2.82.